The zero-order chi connectivity index (χ0) is 30.9. The SMILES string of the molecule is N#Cc1ccc(SCc2ccc(C#Cc3ccc(C(F)(F)C(O)(CN/C=N\N=N)c4ccc(F)cc4F)nc3)cc2)cc1. The van der Waals surface area contributed by atoms with Gasteiger partial charge in [-0.2, -0.15) is 19.6 Å². The van der Waals surface area contributed by atoms with Gasteiger partial charge in [-0.05, 0) is 66.2 Å². The number of aliphatic hydroxyl groups is 1. The summed E-state index contributed by atoms with van der Waals surface area (Å²) in [4.78, 5) is 4.82. The highest BCUT2D eigenvalue weighted by Crippen LogP contribution is 2.45. The van der Waals surface area contributed by atoms with Crippen LogP contribution in [0.25, 0.3) is 0 Å². The molecule has 12 heteroatoms. The molecular weight excluding hydrogens is 580 g/mol. The molecule has 0 fully saturated rings. The predicted molar refractivity (Wildman–Crippen MR) is 153 cm³/mol. The van der Waals surface area contributed by atoms with Crippen molar-refractivity contribution in [1.29, 1.82) is 10.8 Å². The van der Waals surface area contributed by atoms with Crippen LogP contribution in [0.15, 0.2) is 100 Å². The van der Waals surface area contributed by atoms with Crippen molar-refractivity contribution in [3.8, 4) is 17.9 Å². The first-order valence-corrected chi connectivity index (χ1v) is 13.5. The number of thioether (sulfide) groups is 1. The first-order chi connectivity index (χ1) is 20.7. The number of halogens is 4. The molecule has 1 unspecified atom stereocenters. The number of pyridine rings is 1. The number of nitrogens with one attached hydrogen (secondary N) is 2. The van der Waals surface area contributed by atoms with Gasteiger partial charge in [-0.15, -0.1) is 16.9 Å². The largest absolute Gasteiger partial charge is 0.377 e. The Morgan fingerprint density at radius 2 is 1.63 bits per heavy atom. The van der Waals surface area contributed by atoms with Crippen LogP contribution in [0, 0.1) is 40.3 Å². The topological polar surface area (TPSA) is 118 Å². The molecule has 0 aliphatic heterocycles. The molecule has 3 aromatic carbocycles. The van der Waals surface area contributed by atoms with Gasteiger partial charge in [0.1, 0.15) is 23.7 Å². The fourth-order valence-corrected chi connectivity index (χ4v) is 4.80. The van der Waals surface area contributed by atoms with Crippen LogP contribution >= 0.6 is 11.8 Å². The van der Waals surface area contributed by atoms with Gasteiger partial charge in [0, 0.05) is 39.6 Å². The zero-order valence-corrected chi connectivity index (χ0v) is 23.0. The molecule has 0 amide bonds. The summed E-state index contributed by atoms with van der Waals surface area (Å²) in [6, 6.07) is 21.0. The zero-order valence-electron chi connectivity index (χ0n) is 22.2. The molecule has 0 bridgehead atoms. The molecule has 0 aliphatic carbocycles. The summed E-state index contributed by atoms with van der Waals surface area (Å²) in [5.41, 5.74) is 4.34. The monoisotopic (exact) mass is 602 g/mol. The Bertz CT molecular complexity index is 1710. The van der Waals surface area contributed by atoms with E-state index in [-0.39, 0.29) is 0 Å². The first-order valence-electron chi connectivity index (χ1n) is 12.5. The van der Waals surface area contributed by atoms with Crippen LogP contribution in [-0.4, -0.2) is 23.0 Å². The summed E-state index contributed by atoms with van der Waals surface area (Å²) >= 11 is 1.63. The fourth-order valence-electron chi connectivity index (χ4n) is 3.95. The van der Waals surface area contributed by atoms with Crippen molar-refractivity contribution in [3.05, 3.63) is 130 Å². The van der Waals surface area contributed by atoms with E-state index in [9.17, 15) is 13.9 Å². The minimum absolute atomic E-state index is 0.318. The van der Waals surface area contributed by atoms with Crippen LogP contribution in [-0.2, 0) is 17.3 Å². The van der Waals surface area contributed by atoms with Crippen LogP contribution in [0.3, 0.4) is 0 Å². The summed E-state index contributed by atoms with van der Waals surface area (Å²) in [7, 11) is 0. The normalized spacial score (nSPS) is 12.6. The molecule has 216 valence electrons. The Morgan fingerprint density at radius 1 is 0.953 bits per heavy atom. The maximum Gasteiger partial charge on any atom is 0.323 e. The Hall–Kier alpha value is -5.04. The Morgan fingerprint density at radius 3 is 2.26 bits per heavy atom. The number of hydrogen-bond donors (Lipinski definition) is 3. The Balaban J connectivity index is 1.49. The van der Waals surface area contributed by atoms with E-state index in [2.05, 4.69) is 38.5 Å². The van der Waals surface area contributed by atoms with Gasteiger partial charge in [0.05, 0.1) is 18.2 Å². The average molecular weight is 603 g/mol. The summed E-state index contributed by atoms with van der Waals surface area (Å²) in [5.74, 6) is -0.0421. The highest BCUT2D eigenvalue weighted by atomic mass is 32.2. The van der Waals surface area contributed by atoms with E-state index in [1.54, 1.807) is 23.9 Å². The molecule has 4 rings (SSSR count). The van der Waals surface area contributed by atoms with Gasteiger partial charge in [-0.3, -0.25) is 4.98 Å². The maximum absolute atomic E-state index is 15.7. The first kappa shape index (κ1) is 30.9. The van der Waals surface area contributed by atoms with Crippen LogP contribution in [0.5, 0.6) is 0 Å². The van der Waals surface area contributed by atoms with E-state index in [0.29, 0.717) is 22.8 Å². The van der Waals surface area contributed by atoms with Gasteiger partial charge in [0.2, 0.25) is 0 Å². The van der Waals surface area contributed by atoms with Gasteiger partial charge < -0.3 is 10.4 Å². The quantitative estimate of drug-likeness (QED) is 0.0366. The van der Waals surface area contributed by atoms with Gasteiger partial charge >= 0.3 is 5.92 Å². The molecule has 3 N–H and O–H groups in total. The number of benzene rings is 3. The van der Waals surface area contributed by atoms with Crippen molar-refractivity contribution >= 4 is 18.1 Å². The minimum atomic E-state index is -4.16. The lowest BCUT2D eigenvalue weighted by Crippen LogP contribution is -2.51. The number of rotatable bonds is 10. The third-order valence-electron chi connectivity index (χ3n) is 6.24. The summed E-state index contributed by atoms with van der Waals surface area (Å²) in [5, 5.41) is 28.1. The summed E-state index contributed by atoms with van der Waals surface area (Å²) in [6.07, 6.45) is 1.89. The Kier molecular flexibility index (Phi) is 9.88. The second-order valence-electron chi connectivity index (χ2n) is 9.09. The van der Waals surface area contributed by atoms with Crippen LogP contribution < -0.4 is 5.32 Å². The maximum atomic E-state index is 15.7. The molecule has 0 spiro atoms. The molecular formula is C31H22F4N6OS. The third kappa shape index (κ3) is 7.43. The number of alkyl halides is 2. The number of nitriles is 1. The lowest BCUT2D eigenvalue weighted by atomic mass is 9.84. The van der Waals surface area contributed by atoms with E-state index >= 15 is 8.78 Å². The van der Waals surface area contributed by atoms with Crippen molar-refractivity contribution < 1.29 is 22.7 Å². The van der Waals surface area contributed by atoms with Crippen molar-refractivity contribution in [2.24, 2.45) is 10.3 Å². The molecule has 0 aliphatic rings. The van der Waals surface area contributed by atoms with Crippen LogP contribution in [0.1, 0.15) is 33.5 Å². The van der Waals surface area contributed by atoms with Gasteiger partial charge in [-0.1, -0.05) is 29.2 Å². The van der Waals surface area contributed by atoms with Crippen molar-refractivity contribution in [3.63, 3.8) is 0 Å². The molecule has 43 heavy (non-hydrogen) atoms. The van der Waals surface area contributed by atoms with Gasteiger partial charge in [0.25, 0.3) is 0 Å². The van der Waals surface area contributed by atoms with E-state index in [1.807, 2.05) is 36.4 Å². The average Bonchev–Trinajstić information content (AvgIpc) is 3.02. The molecule has 1 heterocycles. The van der Waals surface area contributed by atoms with E-state index in [0.717, 1.165) is 46.9 Å². The van der Waals surface area contributed by atoms with Crippen molar-refractivity contribution in [2.45, 2.75) is 22.2 Å². The van der Waals surface area contributed by atoms with Gasteiger partial charge in [0.15, 0.2) is 5.60 Å². The molecule has 4 aromatic rings. The Labute approximate surface area is 248 Å². The number of aromatic nitrogens is 1. The molecule has 0 radical (unpaired) electrons. The molecule has 1 atom stereocenters. The van der Waals surface area contributed by atoms with E-state index in [1.165, 1.54) is 6.07 Å². The number of hydrogen-bond acceptors (Lipinski definition) is 6. The highest BCUT2D eigenvalue weighted by Gasteiger charge is 2.57. The van der Waals surface area contributed by atoms with Gasteiger partial charge in [-0.25, -0.2) is 8.78 Å². The fraction of sp³-hybridized carbons (Fsp3) is 0.129. The third-order valence-corrected chi connectivity index (χ3v) is 7.32. The smallest absolute Gasteiger partial charge is 0.323 e. The summed E-state index contributed by atoms with van der Waals surface area (Å²) < 4.78 is 59.5. The minimum Gasteiger partial charge on any atom is -0.377 e. The highest BCUT2D eigenvalue weighted by molar-refractivity contribution is 7.98. The van der Waals surface area contributed by atoms with E-state index in [4.69, 9.17) is 10.8 Å². The van der Waals surface area contributed by atoms with Crippen LogP contribution in [0.4, 0.5) is 17.6 Å². The summed E-state index contributed by atoms with van der Waals surface area (Å²) in [6.45, 7) is -0.965. The lowest BCUT2D eigenvalue weighted by molar-refractivity contribution is -0.195. The number of nitrogens with zero attached hydrogens (tertiary/aromatic N) is 4. The van der Waals surface area contributed by atoms with Crippen LogP contribution in [0.2, 0.25) is 0 Å². The van der Waals surface area contributed by atoms with Crippen molar-refractivity contribution in [2.75, 3.05) is 6.54 Å². The molecule has 0 saturated carbocycles. The second-order valence-corrected chi connectivity index (χ2v) is 10.1. The predicted octanol–water partition coefficient (Wildman–Crippen LogP) is 6.47. The standard InChI is InChI=1S/C31H22F4N6OS/c32-25-10-13-27(28(33)15-25)30(42,19-38-20-40-41-37)31(34,35)29-14-9-23(17-39-29)4-1-21-2-5-24(6-3-21)18-43-26-11-7-22(16-36)8-12-26/h2-3,5-15,17,20,42H,18-19H2,(H2,37,38,40). The molecule has 7 nitrogen and oxygen atoms in total. The lowest BCUT2D eigenvalue weighted by Gasteiger charge is -2.36. The van der Waals surface area contributed by atoms with E-state index < -0.39 is 41.0 Å². The van der Waals surface area contributed by atoms with Crippen molar-refractivity contribution in [1.82, 2.24) is 10.3 Å². The molecule has 1 aromatic heterocycles. The molecule has 0 saturated heterocycles. The second kappa shape index (κ2) is 13.7.